The first-order chi connectivity index (χ1) is 5.91. The molecule has 0 fully saturated rings. The van der Waals surface area contributed by atoms with Crippen molar-refractivity contribution in [2.75, 3.05) is 11.4 Å². The molecule has 1 N–H and O–H groups in total. The van der Waals surface area contributed by atoms with Crippen molar-refractivity contribution in [1.29, 1.82) is 0 Å². The average Bonchev–Trinajstić information content (AvgIpc) is 2.03. The Labute approximate surface area is 77.7 Å². The Bertz CT molecular complexity index is 382. The van der Waals surface area contributed by atoms with E-state index in [1.54, 1.807) is 24.3 Å². The minimum atomic E-state index is -4.14. The van der Waals surface area contributed by atoms with Gasteiger partial charge in [-0.05, 0) is 19.1 Å². The number of hydrogen-bond donors (Lipinski definition) is 1. The van der Waals surface area contributed by atoms with E-state index in [4.69, 9.17) is 4.55 Å². The van der Waals surface area contributed by atoms with Gasteiger partial charge in [0.15, 0.2) is 0 Å². The molecule has 0 atom stereocenters. The summed E-state index contributed by atoms with van der Waals surface area (Å²) < 4.78 is 30.9. The van der Waals surface area contributed by atoms with Gasteiger partial charge in [-0.15, -0.1) is 0 Å². The fourth-order valence-electron chi connectivity index (χ4n) is 0.888. The van der Waals surface area contributed by atoms with Crippen LogP contribution in [0.4, 0.5) is 5.69 Å². The van der Waals surface area contributed by atoms with Crippen LogP contribution >= 0.6 is 0 Å². The molecule has 0 aromatic heterocycles. The van der Waals surface area contributed by atoms with Gasteiger partial charge in [0.25, 0.3) is 0 Å². The van der Waals surface area contributed by atoms with Gasteiger partial charge in [0.2, 0.25) is 0 Å². The lowest BCUT2D eigenvalue weighted by atomic mass is 10.2. The summed E-state index contributed by atoms with van der Waals surface area (Å²) >= 11 is 0. The fourth-order valence-corrected chi connectivity index (χ4v) is 1.28. The number of nitrogens with zero attached hydrogens (tertiary/aromatic N) is 1. The first-order valence-corrected chi connectivity index (χ1v) is 5.09. The monoisotopic (exact) mass is 201 g/mol. The molecule has 72 valence electrons. The first kappa shape index (κ1) is 10.0. The summed E-state index contributed by atoms with van der Waals surface area (Å²) in [5.41, 5.74) is 1.47. The molecule has 0 spiro atoms. The molecule has 1 rings (SSSR count). The molecule has 0 radical (unpaired) electrons. The number of anilines is 1. The molecule has 0 aliphatic heterocycles. The predicted molar refractivity (Wildman–Crippen MR) is 51.1 cm³/mol. The van der Waals surface area contributed by atoms with Gasteiger partial charge in [-0.25, -0.2) is 0 Å². The summed E-state index contributed by atoms with van der Waals surface area (Å²) in [5, 5.41) is 0. The van der Waals surface area contributed by atoms with E-state index in [2.05, 4.69) is 0 Å². The molecule has 0 amide bonds. The van der Waals surface area contributed by atoms with Crippen LogP contribution < -0.4 is 4.31 Å². The Morgan fingerprint density at radius 2 is 1.69 bits per heavy atom. The predicted octanol–water partition coefficient (Wildman–Crippen LogP) is 1.23. The van der Waals surface area contributed by atoms with Gasteiger partial charge < -0.3 is 0 Å². The number of benzene rings is 1. The van der Waals surface area contributed by atoms with Crippen LogP contribution in [-0.4, -0.2) is 20.0 Å². The van der Waals surface area contributed by atoms with E-state index in [1.165, 1.54) is 7.05 Å². The van der Waals surface area contributed by atoms with Crippen LogP contribution in [-0.2, 0) is 10.3 Å². The second kappa shape index (κ2) is 3.35. The molecule has 0 unspecified atom stereocenters. The zero-order valence-electron chi connectivity index (χ0n) is 7.43. The summed E-state index contributed by atoms with van der Waals surface area (Å²) in [6.07, 6.45) is 0. The van der Waals surface area contributed by atoms with Crippen LogP contribution in [0.25, 0.3) is 0 Å². The molecule has 0 saturated carbocycles. The highest BCUT2D eigenvalue weighted by atomic mass is 32.2. The van der Waals surface area contributed by atoms with E-state index >= 15 is 0 Å². The fraction of sp³-hybridized carbons (Fsp3) is 0.250. The molecule has 0 heterocycles. The van der Waals surface area contributed by atoms with Crippen LogP contribution in [0.15, 0.2) is 24.3 Å². The zero-order chi connectivity index (χ0) is 10.1. The Balaban J connectivity index is 3.04. The van der Waals surface area contributed by atoms with Crippen LogP contribution in [0.2, 0.25) is 0 Å². The van der Waals surface area contributed by atoms with E-state index in [0.29, 0.717) is 5.69 Å². The van der Waals surface area contributed by atoms with Gasteiger partial charge >= 0.3 is 10.3 Å². The lowest BCUT2D eigenvalue weighted by Gasteiger charge is -2.14. The summed E-state index contributed by atoms with van der Waals surface area (Å²) in [6.45, 7) is 1.90. The van der Waals surface area contributed by atoms with Crippen LogP contribution in [0.5, 0.6) is 0 Å². The van der Waals surface area contributed by atoms with E-state index in [0.717, 1.165) is 9.87 Å². The highest BCUT2D eigenvalue weighted by Gasteiger charge is 2.12. The molecule has 13 heavy (non-hydrogen) atoms. The highest BCUT2D eigenvalue weighted by Crippen LogP contribution is 2.15. The van der Waals surface area contributed by atoms with Crippen LogP contribution in [0.3, 0.4) is 0 Å². The van der Waals surface area contributed by atoms with Crippen molar-refractivity contribution in [2.24, 2.45) is 0 Å². The Morgan fingerprint density at radius 3 is 2.08 bits per heavy atom. The second-order valence-electron chi connectivity index (χ2n) is 2.78. The smallest absolute Gasteiger partial charge is 0.269 e. The summed E-state index contributed by atoms with van der Waals surface area (Å²) in [5.74, 6) is 0. The quantitative estimate of drug-likeness (QED) is 0.732. The van der Waals surface area contributed by atoms with Crippen molar-refractivity contribution in [3.05, 3.63) is 29.8 Å². The highest BCUT2D eigenvalue weighted by molar-refractivity contribution is 7.87. The minimum Gasteiger partial charge on any atom is -0.269 e. The molecule has 1 aromatic carbocycles. The second-order valence-corrected chi connectivity index (χ2v) is 4.22. The molecule has 0 aliphatic rings. The van der Waals surface area contributed by atoms with Gasteiger partial charge in [0.1, 0.15) is 0 Å². The summed E-state index contributed by atoms with van der Waals surface area (Å²) in [7, 11) is -2.84. The zero-order valence-corrected chi connectivity index (χ0v) is 8.25. The van der Waals surface area contributed by atoms with Gasteiger partial charge in [-0.1, -0.05) is 17.7 Å². The van der Waals surface area contributed by atoms with E-state index < -0.39 is 10.3 Å². The Morgan fingerprint density at radius 1 is 1.23 bits per heavy atom. The van der Waals surface area contributed by atoms with Crippen molar-refractivity contribution in [3.8, 4) is 0 Å². The lowest BCUT2D eigenvalue weighted by Crippen LogP contribution is -2.25. The minimum absolute atomic E-state index is 0.438. The molecular formula is C8H11NO3S. The maximum atomic E-state index is 10.7. The van der Waals surface area contributed by atoms with Crippen LogP contribution in [0.1, 0.15) is 5.56 Å². The van der Waals surface area contributed by atoms with Crippen molar-refractivity contribution < 1.29 is 13.0 Å². The molecule has 0 aliphatic carbocycles. The third-order valence-corrected chi connectivity index (χ3v) is 2.65. The van der Waals surface area contributed by atoms with Crippen molar-refractivity contribution in [3.63, 3.8) is 0 Å². The third-order valence-electron chi connectivity index (χ3n) is 1.74. The van der Waals surface area contributed by atoms with Gasteiger partial charge in [-0.3, -0.25) is 8.86 Å². The van der Waals surface area contributed by atoms with Crippen molar-refractivity contribution >= 4 is 16.0 Å². The van der Waals surface area contributed by atoms with E-state index in [9.17, 15) is 8.42 Å². The summed E-state index contributed by atoms with van der Waals surface area (Å²) in [4.78, 5) is 0. The Hall–Kier alpha value is -1.07. The van der Waals surface area contributed by atoms with Gasteiger partial charge in [-0.2, -0.15) is 8.42 Å². The Kier molecular flexibility index (Phi) is 2.58. The number of rotatable bonds is 2. The number of aryl methyl sites for hydroxylation is 1. The standard InChI is InChI=1S/C8H11NO3S/c1-7-3-5-8(6-4-7)9(2)13(10,11)12/h3-6H,1-2H3,(H,10,11,12). The number of hydrogen-bond acceptors (Lipinski definition) is 2. The molecule has 4 nitrogen and oxygen atoms in total. The molecule has 1 aromatic rings. The maximum absolute atomic E-state index is 10.7. The van der Waals surface area contributed by atoms with Gasteiger partial charge in [0, 0.05) is 7.05 Å². The first-order valence-electron chi connectivity index (χ1n) is 3.69. The normalized spacial score (nSPS) is 11.3. The van der Waals surface area contributed by atoms with Crippen LogP contribution in [0, 0.1) is 6.92 Å². The van der Waals surface area contributed by atoms with E-state index in [-0.39, 0.29) is 0 Å². The van der Waals surface area contributed by atoms with E-state index in [1.807, 2.05) is 6.92 Å². The SMILES string of the molecule is Cc1ccc(N(C)S(=O)(=O)O)cc1. The maximum Gasteiger partial charge on any atom is 0.359 e. The molecule has 0 bridgehead atoms. The third kappa shape index (κ3) is 2.43. The molecule has 5 heteroatoms. The van der Waals surface area contributed by atoms with Crippen molar-refractivity contribution in [1.82, 2.24) is 0 Å². The molecular weight excluding hydrogens is 190 g/mol. The average molecular weight is 201 g/mol. The summed E-state index contributed by atoms with van der Waals surface area (Å²) in [6, 6.07) is 6.81. The largest absolute Gasteiger partial charge is 0.359 e. The topological polar surface area (TPSA) is 57.6 Å². The molecule has 0 saturated heterocycles. The van der Waals surface area contributed by atoms with Crippen molar-refractivity contribution in [2.45, 2.75) is 6.92 Å². The lowest BCUT2D eigenvalue weighted by molar-refractivity contribution is 0.481. The van der Waals surface area contributed by atoms with Gasteiger partial charge in [0.05, 0.1) is 5.69 Å².